The second-order valence-corrected chi connectivity index (χ2v) is 5.66. The molecule has 1 amide bonds. The molecular weight excluding hydrogens is 311 g/mol. The lowest BCUT2D eigenvalue weighted by Gasteiger charge is -2.31. The van der Waals surface area contributed by atoms with Crippen LogP contribution in [0.25, 0.3) is 0 Å². The van der Waals surface area contributed by atoms with Crippen molar-refractivity contribution in [2.45, 2.75) is 37.6 Å². The van der Waals surface area contributed by atoms with E-state index < -0.39 is 17.3 Å². The fourth-order valence-electron chi connectivity index (χ4n) is 2.38. The second kappa shape index (κ2) is 5.70. The third-order valence-corrected chi connectivity index (χ3v) is 4.08. The average Bonchev–Trinajstić information content (AvgIpc) is 2.42. The van der Waals surface area contributed by atoms with Gasteiger partial charge in [-0.25, -0.2) is 4.39 Å². The maximum Gasteiger partial charge on any atom is 0.255 e. The Hall–Kier alpha value is -1.41. The van der Waals surface area contributed by atoms with E-state index in [-0.39, 0.29) is 10.0 Å². The molecule has 0 unspecified atom stereocenters. The van der Waals surface area contributed by atoms with Crippen LogP contribution in [0.15, 0.2) is 22.7 Å². The molecule has 0 aliphatic heterocycles. The summed E-state index contributed by atoms with van der Waals surface area (Å²) in [5, 5.41) is 12.0. The van der Waals surface area contributed by atoms with Crippen molar-refractivity contribution in [3.05, 3.63) is 34.1 Å². The third-order valence-electron chi connectivity index (χ3n) is 3.47. The number of nitrogens with one attached hydrogen (secondary N) is 1. The van der Waals surface area contributed by atoms with Gasteiger partial charge in [0.05, 0.1) is 16.1 Å². The van der Waals surface area contributed by atoms with Gasteiger partial charge in [0.1, 0.15) is 11.4 Å². The van der Waals surface area contributed by atoms with Gasteiger partial charge in [0.25, 0.3) is 5.91 Å². The van der Waals surface area contributed by atoms with Gasteiger partial charge in [-0.15, -0.1) is 0 Å². The molecule has 0 saturated heterocycles. The molecule has 1 saturated carbocycles. The molecule has 1 aromatic carbocycles. The van der Waals surface area contributed by atoms with E-state index in [1.54, 1.807) is 6.07 Å². The predicted octanol–water partition coefficient (Wildman–Crippen LogP) is 3.54. The third kappa shape index (κ3) is 2.95. The summed E-state index contributed by atoms with van der Waals surface area (Å²) in [6.07, 6.45) is 4.16. The Morgan fingerprint density at radius 3 is 2.68 bits per heavy atom. The second-order valence-electron chi connectivity index (χ2n) is 4.81. The predicted molar refractivity (Wildman–Crippen MR) is 73.0 cm³/mol. The molecule has 0 spiro atoms. The number of halogens is 2. The number of rotatable bonds is 2. The van der Waals surface area contributed by atoms with Gasteiger partial charge in [0.2, 0.25) is 0 Å². The molecule has 2 rings (SSSR count). The fraction of sp³-hybridized carbons (Fsp3) is 0.429. The normalized spacial score (nSPS) is 17.5. The van der Waals surface area contributed by atoms with Gasteiger partial charge in [-0.05, 0) is 40.9 Å². The van der Waals surface area contributed by atoms with Gasteiger partial charge in [0, 0.05) is 0 Å². The quantitative estimate of drug-likeness (QED) is 0.904. The van der Waals surface area contributed by atoms with Crippen LogP contribution in [0.5, 0.6) is 0 Å². The summed E-state index contributed by atoms with van der Waals surface area (Å²) in [5.74, 6) is -1.12. The number of carbonyl (C=O) groups excluding carboxylic acids is 1. The lowest BCUT2D eigenvalue weighted by atomic mass is 9.82. The first-order valence-corrected chi connectivity index (χ1v) is 7.05. The van der Waals surface area contributed by atoms with Crippen molar-refractivity contribution in [2.75, 3.05) is 0 Å². The summed E-state index contributed by atoms with van der Waals surface area (Å²) >= 11 is 3.05. The maximum atomic E-state index is 13.8. The highest BCUT2D eigenvalue weighted by atomic mass is 79.9. The Balaban J connectivity index is 2.21. The molecule has 1 aromatic rings. The highest BCUT2D eigenvalue weighted by molar-refractivity contribution is 9.10. The zero-order valence-electron chi connectivity index (χ0n) is 10.4. The van der Waals surface area contributed by atoms with Crippen molar-refractivity contribution in [1.29, 1.82) is 5.26 Å². The number of carbonyl (C=O) groups is 1. The molecule has 0 aromatic heterocycles. The first kappa shape index (κ1) is 14.0. The van der Waals surface area contributed by atoms with E-state index in [1.165, 1.54) is 12.1 Å². The lowest BCUT2D eigenvalue weighted by molar-refractivity contribution is 0.0898. The van der Waals surface area contributed by atoms with Gasteiger partial charge < -0.3 is 5.32 Å². The summed E-state index contributed by atoms with van der Waals surface area (Å²) in [6.45, 7) is 0. The molecule has 0 bridgehead atoms. The Morgan fingerprint density at radius 2 is 2.05 bits per heavy atom. The van der Waals surface area contributed by atoms with Crippen LogP contribution >= 0.6 is 15.9 Å². The smallest absolute Gasteiger partial charge is 0.255 e. The van der Waals surface area contributed by atoms with E-state index in [0.29, 0.717) is 12.8 Å². The highest BCUT2D eigenvalue weighted by Gasteiger charge is 2.34. The molecule has 19 heavy (non-hydrogen) atoms. The van der Waals surface area contributed by atoms with Gasteiger partial charge in [-0.1, -0.05) is 25.3 Å². The minimum absolute atomic E-state index is 0.0328. The first-order valence-electron chi connectivity index (χ1n) is 6.26. The molecule has 1 aliphatic carbocycles. The van der Waals surface area contributed by atoms with E-state index in [4.69, 9.17) is 0 Å². The van der Waals surface area contributed by atoms with Crippen LogP contribution in [0, 0.1) is 17.1 Å². The standard InChI is InChI=1S/C14H14BrFN2O/c15-11-6-4-5-10(12(11)16)13(19)18-14(9-17)7-2-1-3-8-14/h4-6H,1-3,7-8H2,(H,18,19). The molecule has 100 valence electrons. The minimum atomic E-state index is -0.843. The van der Waals surface area contributed by atoms with E-state index in [2.05, 4.69) is 27.3 Å². The lowest BCUT2D eigenvalue weighted by Crippen LogP contribution is -2.48. The summed E-state index contributed by atoms with van der Waals surface area (Å²) in [5.41, 5.74) is -0.876. The molecule has 3 nitrogen and oxygen atoms in total. The summed E-state index contributed by atoms with van der Waals surface area (Å²) in [6, 6.07) is 6.74. The van der Waals surface area contributed by atoms with E-state index in [0.717, 1.165) is 19.3 Å². The fourth-order valence-corrected chi connectivity index (χ4v) is 2.75. The van der Waals surface area contributed by atoms with Gasteiger partial charge >= 0.3 is 0 Å². The number of nitriles is 1. The van der Waals surface area contributed by atoms with Crippen LogP contribution in [-0.2, 0) is 0 Å². The SMILES string of the molecule is N#CC1(NC(=O)c2cccc(Br)c2F)CCCCC1. The van der Waals surface area contributed by atoms with Crippen molar-refractivity contribution in [2.24, 2.45) is 0 Å². The van der Waals surface area contributed by atoms with E-state index >= 15 is 0 Å². The summed E-state index contributed by atoms with van der Waals surface area (Å²) in [7, 11) is 0. The summed E-state index contributed by atoms with van der Waals surface area (Å²) in [4.78, 5) is 12.1. The average molecular weight is 325 g/mol. The molecular formula is C14H14BrFN2O. The van der Waals surface area contributed by atoms with Crippen LogP contribution in [0.1, 0.15) is 42.5 Å². The Kier molecular flexibility index (Phi) is 4.20. The van der Waals surface area contributed by atoms with Crippen LogP contribution < -0.4 is 5.32 Å². The number of amides is 1. The van der Waals surface area contributed by atoms with Crippen LogP contribution in [0.4, 0.5) is 4.39 Å². The minimum Gasteiger partial charge on any atom is -0.334 e. The molecule has 1 aliphatic rings. The number of nitrogens with zero attached hydrogens (tertiary/aromatic N) is 1. The van der Waals surface area contributed by atoms with Crippen LogP contribution in [-0.4, -0.2) is 11.4 Å². The van der Waals surface area contributed by atoms with Crippen molar-refractivity contribution < 1.29 is 9.18 Å². The molecule has 0 radical (unpaired) electrons. The van der Waals surface area contributed by atoms with E-state index in [9.17, 15) is 14.4 Å². The Bertz CT molecular complexity index is 533. The van der Waals surface area contributed by atoms with Crippen LogP contribution in [0.3, 0.4) is 0 Å². The summed E-state index contributed by atoms with van der Waals surface area (Å²) < 4.78 is 14.1. The molecule has 1 N–H and O–H groups in total. The monoisotopic (exact) mass is 324 g/mol. The Morgan fingerprint density at radius 1 is 1.37 bits per heavy atom. The number of benzene rings is 1. The van der Waals surface area contributed by atoms with Crippen molar-refractivity contribution in [1.82, 2.24) is 5.32 Å². The topological polar surface area (TPSA) is 52.9 Å². The molecule has 0 atom stereocenters. The van der Waals surface area contributed by atoms with Gasteiger partial charge in [-0.2, -0.15) is 5.26 Å². The zero-order chi connectivity index (χ0) is 13.9. The number of hydrogen-bond acceptors (Lipinski definition) is 2. The molecule has 5 heteroatoms. The highest BCUT2D eigenvalue weighted by Crippen LogP contribution is 2.28. The van der Waals surface area contributed by atoms with E-state index in [1.807, 2.05) is 0 Å². The maximum absolute atomic E-state index is 13.8. The molecule has 1 fully saturated rings. The number of hydrogen-bond donors (Lipinski definition) is 1. The van der Waals surface area contributed by atoms with Crippen molar-refractivity contribution in [3.8, 4) is 6.07 Å². The largest absolute Gasteiger partial charge is 0.334 e. The van der Waals surface area contributed by atoms with Gasteiger partial charge in [-0.3, -0.25) is 4.79 Å². The van der Waals surface area contributed by atoms with Crippen LogP contribution in [0.2, 0.25) is 0 Å². The Labute approximate surface area is 119 Å². The van der Waals surface area contributed by atoms with Gasteiger partial charge in [0.15, 0.2) is 0 Å². The zero-order valence-corrected chi connectivity index (χ0v) is 12.0. The first-order chi connectivity index (χ1) is 9.08. The van der Waals surface area contributed by atoms with Crippen molar-refractivity contribution in [3.63, 3.8) is 0 Å². The molecule has 0 heterocycles. The van der Waals surface area contributed by atoms with Crippen molar-refractivity contribution >= 4 is 21.8 Å².